The molecule has 0 aliphatic carbocycles. The highest BCUT2D eigenvalue weighted by molar-refractivity contribution is 5.81. The van der Waals surface area contributed by atoms with Gasteiger partial charge in [0.15, 0.2) is 0 Å². The number of nitrogens with one attached hydrogen (secondary N) is 1. The number of likely N-dealkylation sites (N-methyl/N-ethyl adjacent to an activating group) is 1. The van der Waals surface area contributed by atoms with Crippen LogP contribution in [-0.4, -0.2) is 49.7 Å². The summed E-state index contributed by atoms with van der Waals surface area (Å²) >= 11 is 0. The first-order valence-corrected chi connectivity index (χ1v) is 5.66. The molecular formula is C11H19N3O2. The molecule has 0 saturated carbocycles. The zero-order valence-electron chi connectivity index (χ0n) is 9.90. The molecule has 1 amide bonds. The van der Waals surface area contributed by atoms with Crippen LogP contribution in [0.1, 0.15) is 19.8 Å². The lowest BCUT2D eigenvalue weighted by molar-refractivity contribution is -0.134. The van der Waals surface area contributed by atoms with E-state index in [1.54, 1.807) is 7.05 Å². The second kappa shape index (κ2) is 6.46. The third-order valence-electron chi connectivity index (χ3n) is 2.99. The van der Waals surface area contributed by atoms with Crippen LogP contribution in [0.25, 0.3) is 0 Å². The van der Waals surface area contributed by atoms with Crippen molar-refractivity contribution < 1.29 is 9.53 Å². The Labute approximate surface area is 96.4 Å². The second-order valence-electron chi connectivity index (χ2n) is 3.87. The van der Waals surface area contributed by atoms with Gasteiger partial charge in [-0.15, -0.1) is 0 Å². The minimum Gasteiger partial charge on any atom is -0.378 e. The lowest BCUT2D eigenvalue weighted by atomic mass is 10.1. The van der Waals surface area contributed by atoms with Crippen molar-refractivity contribution in [1.82, 2.24) is 10.2 Å². The summed E-state index contributed by atoms with van der Waals surface area (Å²) < 4.78 is 5.32. The highest BCUT2D eigenvalue weighted by Gasteiger charge is 2.32. The van der Waals surface area contributed by atoms with Crippen LogP contribution in [0.4, 0.5) is 0 Å². The summed E-state index contributed by atoms with van der Waals surface area (Å²) in [5.74, 6) is -0.0314. The molecule has 1 N–H and O–H groups in total. The minimum absolute atomic E-state index is 0.0314. The van der Waals surface area contributed by atoms with Gasteiger partial charge in [-0.3, -0.25) is 9.69 Å². The predicted octanol–water partition coefficient (Wildman–Crippen LogP) is 0.125. The number of hydrogen-bond donors (Lipinski definition) is 1. The Kier molecular flexibility index (Phi) is 5.23. The smallest absolute Gasteiger partial charge is 0.239 e. The van der Waals surface area contributed by atoms with Crippen molar-refractivity contribution in [2.75, 3.05) is 26.8 Å². The first-order valence-electron chi connectivity index (χ1n) is 5.66. The molecule has 0 radical (unpaired) electrons. The molecule has 1 aliphatic rings. The maximum atomic E-state index is 11.7. The van der Waals surface area contributed by atoms with Gasteiger partial charge in [-0.05, 0) is 6.42 Å². The number of amides is 1. The summed E-state index contributed by atoms with van der Waals surface area (Å²) in [6.07, 6.45) is 1.34. The Balaban J connectivity index is 2.72. The van der Waals surface area contributed by atoms with E-state index in [0.717, 1.165) is 13.0 Å². The zero-order valence-corrected chi connectivity index (χ0v) is 9.90. The highest BCUT2D eigenvalue weighted by Crippen LogP contribution is 2.16. The summed E-state index contributed by atoms with van der Waals surface area (Å²) in [6, 6.07) is 2.08. The lowest BCUT2D eigenvalue weighted by Crippen LogP contribution is -2.56. The van der Waals surface area contributed by atoms with E-state index in [-0.39, 0.29) is 18.0 Å². The maximum Gasteiger partial charge on any atom is 0.239 e. The number of carbonyl (C=O) groups is 1. The molecule has 1 rings (SSSR count). The van der Waals surface area contributed by atoms with Crippen molar-refractivity contribution in [2.45, 2.75) is 31.8 Å². The van der Waals surface area contributed by atoms with Crippen LogP contribution in [0.15, 0.2) is 0 Å². The lowest BCUT2D eigenvalue weighted by Gasteiger charge is -2.38. The fourth-order valence-corrected chi connectivity index (χ4v) is 2.05. The molecule has 2 unspecified atom stereocenters. The number of morpholine rings is 1. The SMILES string of the molecule is CCC(CC#N)N1CCOCC1C(=O)NC. The monoisotopic (exact) mass is 225 g/mol. The maximum absolute atomic E-state index is 11.7. The van der Waals surface area contributed by atoms with Crippen LogP contribution in [0.3, 0.4) is 0 Å². The van der Waals surface area contributed by atoms with Gasteiger partial charge in [0, 0.05) is 19.6 Å². The van der Waals surface area contributed by atoms with Crippen LogP contribution in [0, 0.1) is 11.3 Å². The first-order chi connectivity index (χ1) is 7.74. The van der Waals surface area contributed by atoms with Gasteiger partial charge >= 0.3 is 0 Å². The summed E-state index contributed by atoms with van der Waals surface area (Å²) in [5, 5.41) is 11.4. The molecule has 90 valence electrons. The Morgan fingerprint density at radius 2 is 2.50 bits per heavy atom. The number of nitriles is 1. The van der Waals surface area contributed by atoms with E-state index < -0.39 is 0 Å². The zero-order chi connectivity index (χ0) is 12.0. The normalized spacial score (nSPS) is 23.4. The number of nitrogens with zero attached hydrogens (tertiary/aromatic N) is 2. The average Bonchev–Trinajstić information content (AvgIpc) is 2.35. The number of hydrogen-bond acceptors (Lipinski definition) is 4. The largest absolute Gasteiger partial charge is 0.378 e. The second-order valence-corrected chi connectivity index (χ2v) is 3.87. The fraction of sp³-hybridized carbons (Fsp3) is 0.818. The van der Waals surface area contributed by atoms with Crippen LogP contribution >= 0.6 is 0 Å². The number of rotatable bonds is 4. The molecule has 0 aromatic carbocycles. The topological polar surface area (TPSA) is 65.4 Å². The fourth-order valence-electron chi connectivity index (χ4n) is 2.05. The molecule has 5 heteroatoms. The summed E-state index contributed by atoms with van der Waals surface area (Å²) in [6.45, 7) is 3.81. The summed E-state index contributed by atoms with van der Waals surface area (Å²) in [4.78, 5) is 13.8. The van der Waals surface area contributed by atoms with Crippen molar-refractivity contribution in [3.63, 3.8) is 0 Å². The number of ether oxygens (including phenoxy) is 1. The molecule has 1 saturated heterocycles. The van der Waals surface area contributed by atoms with Crippen molar-refractivity contribution in [3.05, 3.63) is 0 Å². The van der Waals surface area contributed by atoms with Crippen molar-refractivity contribution in [3.8, 4) is 6.07 Å². The van der Waals surface area contributed by atoms with E-state index in [4.69, 9.17) is 10.00 Å². The molecule has 2 atom stereocenters. The van der Waals surface area contributed by atoms with E-state index in [1.165, 1.54) is 0 Å². The van der Waals surface area contributed by atoms with Gasteiger partial charge in [0.05, 0.1) is 25.7 Å². The molecular weight excluding hydrogens is 206 g/mol. The van der Waals surface area contributed by atoms with Gasteiger partial charge < -0.3 is 10.1 Å². The van der Waals surface area contributed by atoms with E-state index in [9.17, 15) is 4.79 Å². The molecule has 1 fully saturated rings. The van der Waals surface area contributed by atoms with Gasteiger partial charge in [0.2, 0.25) is 5.91 Å². The van der Waals surface area contributed by atoms with Crippen molar-refractivity contribution in [2.24, 2.45) is 0 Å². The standard InChI is InChI=1S/C11H19N3O2/c1-3-9(4-5-12)14-6-7-16-8-10(14)11(15)13-2/h9-10H,3-4,6-8H2,1-2H3,(H,13,15). The number of carbonyl (C=O) groups excluding carboxylic acids is 1. The quantitative estimate of drug-likeness (QED) is 0.738. The van der Waals surface area contributed by atoms with Crippen molar-refractivity contribution >= 4 is 5.91 Å². The van der Waals surface area contributed by atoms with Crippen LogP contribution in [-0.2, 0) is 9.53 Å². The summed E-state index contributed by atoms with van der Waals surface area (Å²) in [7, 11) is 1.63. The molecule has 5 nitrogen and oxygen atoms in total. The van der Waals surface area contributed by atoms with Crippen LogP contribution < -0.4 is 5.32 Å². The molecule has 1 heterocycles. The molecule has 0 aromatic rings. The van der Waals surface area contributed by atoms with Crippen LogP contribution in [0.2, 0.25) is 0 Å². The Morgan fingerprint density at radius 3 is 3.06 bits per heavy atom. The first kappa shape index (κ1) is 12.9. The molecule has 1 aliphatic heterocycles. The molecule has 0 spiro atoms. The molecule has 16 heavy (non-hydrogen) atoms. The van der Waals surface area contributed by atoms with E-state index in [1.807, 2.05) is 6.92 Å². The third kappa shape index (κ3) is 2.94. The van der Waals surface area contributed by atoms with Gasteiger partial charge in [0.25, 0.3) is 0 Å². The minimum atomic E-state index is -0.253. The Morgan fingerprint density at radius 1 is 1.75 bits per heavy atom. The van der Waals surface area contributed by atoms with Gasteiger partial charge in [-0.25, -0.2) is 0 Å². The average molecular weight is 225 g/mol. The van der Waals surface area contributed by atoms with E-state index in [2.05, 4.69) is 16.3 Å². The molecule has 0 aromatic heterocycles. The van der Waals surface area contributed by atoms with Crippen molar-refractivity contribution in [1.29, 1.82) is 5.26 Å². The highest BCUT2D eigenvalue weighted by atomic mass is 16.5. The molecule has 0 bridgehead atoms. The van der Waals surface area contributed by atoms with E-state index in [0.29, 0.717) is 19.6 Å². The Bertz CT molecular complexity index is 275. The van der Waals surface area contributed by atoms with Gasteiger partial charge in [0.1, 0.15) is 6.04 Å². The predicted molar refractivity (Wildman–Crippen MR) is 59.7 cm³/mol. The van der Waals surface area contributed by atoms with E-state index >= 15 is 0 Å². The summed E-state index contributed by atoms with van der Waals surface area (Å²) in [5.41, 5.74) is 0. The Hall–Kier alpha value is -1.12. The third-order valence-corrected chi connectivity index (χ3v) is 2.99. The van der Waals surface area contributed by atoms with Gasteiger partial charge in [-0.2, -0.15) is 5.26 Å². The van der Waals surface area contributed by atoms with Gasteiger partial charge in [-0.1, -0.05) is 6.92 Å². The van der Waals surface area contributed by atoms with Crippen LogP contribution in [0.5, 0.6) is 0 Å².